The molecule has 1 amide bonds. The molecule has 21 heavy (non-hydrogen) atoms. The summed E-state index contributed by atoms with van der Waals surface area (Å²) in [6.45, 7) is 0. The summed E-state index contributed by atoms with van der Waals surface area (Å²) in [5, 5.41) is 2.88. The van der Waals surface area contributed by atoms with E-state index >= 15 is 0 Å². The summed E-state index contributed by atoms with van der Waals surface area (Å²) in [7, 11) is 1.61. The lowest BCUT2D eigenvalue weighted by Crippen LogP contribution is -2.12. The van der Waals surface area contributed by atoms with Gasteiger partial charge >= 0.3 is 0 Å². The third-order valence-electron chi connectivity index (χ3n) is 2.94. The molecule has 0 saturated heterocycles. The number of thioether (sulfide) groups is 1. The van der Waals surface area contributed by atoms with E-state index in [1.165, 1.54) is 5.56 Å². The van der Waals surface area contributed by atoms with Gasteiger partial charge in [0.15, 0.2) is 0 Å². The third kappa shape index (κ3) is 5.52. The van der Waals surface area contributed by atoms with E-state index in [4.69, 9.17) is 4.74 Å². The van der Waals surface area contributed by atoms with Crippen LogP contribution in [0.4, 0.5) is 5.69 Å². The van der Waals surface area contributed by atoms with Crippen LogP contribution >= 0.6 is 11.8 Å². The predicted octanol–water partition coefficient (Wildman–Crippen LogP) is 3.96. The summed E-state index contributed by atoms with van der Waals surface area (Å²) in [6.07, 6.45) is 0.509. The second-order valence-corrected chi connectivity index (χ2v) is 5.67. The molecule has 1 N–H and O–H groups in total. The van der Waals surface area contributed by atoms with Crippen LogP contribution in [0.2, 0.25) is 0 Å². The number of anilines is 1. The van der Waals surface area contributed by atoms with Crippen LogP contribution in [0.15, 0.2) is 54.6 Å². The summed E-state index contributed by atoms with van der Waals surface area (Å²) < 4.78 is 5.13. The number of methoxy groups -OCH3 is 1. The van der Waals surface area contributed by atoms with E-state index in [9.17, 15) is 4.79 Å². The lowest BCUT2D eigenvalue weighted by molar-refractivity contribution is -0.115. The van der Waals surface area contributed by atoms with Gasteiger partial charge in [-0.2, -0.15) is 11.8 Å². The summed E-state index contributed by atoms with van der Waals surface area (Å²) in [5.41, 5.74) is 2.06. The first-order valence-corrected chi connectivity index (χ1v) is 7.99. The second kappa shape index (κ2) is 8.37. The van der Waals surface area contributed by atoms with Gasteiger partial charge in [0.1, 0.15) is 5.75 Å². The van der Waals surface area contributed by atoms with Crippen LogP contribution in [0, 0.1) is 0 Å². The Kier molecular flexibility index (Phi) is 6.16. The number of hydrogen-bond donors (Lipinski definition) is 1. The molecule has 0 atom stereocenters. The maximum atomic E-state index is 11.9. The van der Waals surface area contributed by atoms with Gasteiger partial charge in [-0.05, 0) is 17.7 Å². The highest BCUT2D eigenvalue weighted by molar-refractivity contribution is 7.98. The SMILES string of the molecule is COc1cccc(NC(=O)CCSCc2ccccc2)c1. The average Bonchev–Trinajstić information content (AvgIpc) is 2.53. The topological polar surface area (TPSA) is 38.3 Å². The van der Waals surface area contributed by atoms with E-state index in [-0.39, 0.29) is 5.91 Å². The quantitative estimate of drug-likeness (QED) is 0.787. The van der Waals surface area contributed by atoms with E-state index in [0.717, 1.165) is 22.9 Å². The summed E-state index contributed by atoms with van der Waals surface area (Å²) in [6, 6.07) is 17.7. The van der Waals surface area contributed by atoms with Crippen molar-refractivity contribution in [2.75, 3.05) is 18.2 Å². The molecule has 0 aliphatic rings. The fraction of sp³-hybridized carbons (Fsp3) is 0.235. The van der Waals surface area contributed by atoms with Gasteiger partial charge in [0, 0.05) is 29.7 Å². The van der Waals surface area contributed by atoms with Crippen LogP contribution in [-0.2, 0) is 10.5 Å². The smallest absolute Gasteiger partial charge is 0.225 e. The van der Waals surface area contributed by atoms with Crippen molar-refractivity contribution >= 4 is 23.4 Å². The van der Waals surface area contributed by atoms with Crippen LogP contribution < -0.4 is 10.1 Å². The van der Waals surface area contributed by atoms with Gasteiger partial charge in [0.25, 0.3) is 0 Å². The van der Waals surface area contributed by atoms with E-state index in [1.807, 2.05) is 42.5 Å². The largest absolute Gasteiger partial charge is 0.497 e. The second-order valence-electron chi connectivity index (χ2n) is 4.57. The first-order valence-electron chi connectivity index (χ1n) is 6.83. The molecule has 2 aromatic carbocycles. The number of rotatable bonds is 7. The molecule has 0 fully saturated rings. The van der Waals surface area contributed by atoms with Crippen molar-refractivity contribution in [3.63, 3.8) is 0 Å². The lowest BCUT2D eigenvalue weighted by atomic mass is 10.2. The van der Waals surface area contributed by atoms with Crippen molar-refractivity contribution in [2.45, 2.75) is 12.2 Å². The molecular formula is C17H19NO2S. The number of benzene rings is 2. The Morgan fingerprint density at radius 1 is 1.14 bits per heavy atom. The summed E-state index contributed by atoms with van der Waals surface area (Å²) in [5.74, 6) is 2.52. The zero-order valence-electron chi connectivity index (χ0n) is 12.0. The maximum absolute atomic E-state index is 11.9. The van der Waals surface area contributed by atoms with Crippen LogP contribution in [-0.4, -0.2) is 18.8 Å². The molecule has 0 heterocycles. The van der Waals surface area contributed by atoms with Crippen LogP contribution in [0.5, 0.6) is 5.75 Å². The molecule has 0 saturated carbocycles. The number of ether oxygens (including phenoxy) is 1. The number of amides is 1. The molecule has 2 aromatic rings. The minimum Gasteiger partial charge on any atom is -0.497 e. The lowest BCUT2D eigenvalue weighted by Gasteiger charge is -2.07. The molecule has 0 aliphatic carbocycles. The molecule has 0 aliphatic heterocycles. The van der Waals surface area contributed by atoms with Crippen molar-refractivity contribution in [2.24, 2.45) is 0 Å². The van der Waals surface area contributed by atoms with Gasteiger partial charge < -0.3 is 10.1 Å². The van der Waals surface area contributed by atoms with E-state index in [0.29, 0.717) is 6.42 Å². The Hall–Kier alpha value is -1.94. The Morgan fingerprint density at radius 2 is 1.95 bits per heavy atom. The average molecular weight is 301 g/mol. The first-order chi connectivity index (χ1) is 10.3. The fourth-order valence-corrected chi connectivity index (χ4v) is 2.76. The molecule has 4 heteroatoms. The standard InChI is InChI=1S/C17H19NO2S/c1-20-16-9-5-8-15(12-16)18-17(19)10-11-21-13-14-6-3-2-4-7-14/h2-9,12H,10-11,13H2,1H3,(H,18,19). The van der Waals surface area contributed by atoms with Crippen molar-refractivity contribution in [3.05, 3.63) is 60.2 Å². The van der Waals surface area contributed by atoms with Gasteiger partial charge in [0.05, 0.1) is 7.11 Å². The van der Waals surface area contributed by atoms with Crippen LogP contribution in [0.25, 0.3) is 0 Å². The number of carbonyl (C=O) groups is 1. The van der Waals surface area contributed by atoms with Gasteiger partial charge in [0.2, 0.25) is 5.91 Å². The van der Waals surface area contributed by atoms with Crippen molar-refractivity contribution in [1.82, 2.24) is 0 Å². The Bertz CT molecular complexity index is 572. The van der Waals surface area contributed by atoms with Crippen molar-refractivity contribution in [3.8, 4) is 5.75 Å². The van der Waals surface area contributed by atoms with Gasteiger partial charge in [-0.1, -0.05) is 36.4 Å². The molecule has 110 valence electrons. The number of carbonyl (C=O) groups excluding carboxylic acids is 1. The van der Waals surface area contributed by atoms with Gasteiger partial charge in [-0.25, -0.2) is 0 Å². The maximum Gasteiger partial charge on any atom is 0.225 e. The van der Waals surface area contributed by atoms with Crippen LogP contribution in [0.1, 0.15) is 12.0 Å². The Labute approximate surface area is 129 Å². The Balaban J connectivity index is 1.70. The summed E-state index contributed by atoms with van der Waals surface area (Å²) >= 11 is 1.77. The fourth-order valence-electron chi connectivity index (χ4n) is 1.85. The molecule has 0 aromatic heterocycles. The number of hydrogen-bond acceptors (Lipinski definition) is 3. The van der Waals surface area contributed by atoms with E-state index < -0.39 is 0 Å². The molecule has 0 bridgehead atoms. The molecule has 3 nitrogen and oxygen atoms in total. The summed E-state index contributed by atoms with van der Waals surface area (Å²) in [4.78, 5) is 11.9. The first kappa shape index (κ1) is 15.4. The molecule has 2 rings (SSSR count). The molecule has 0 unspecified atom stereocenters. The highest BCUT2D eigenvalue weighted by Gasteiger charge is 2.03. The zero-order valence-corrected chi connectivity index (χ0v) is 12.9. The normalized spacial score (nSPS) is 10.1. The van der Waals surface area contributed by atoms with Crippen molar-refractivity contribution < 1.29 is 9.53 Å². The van der Waals surface area contributed by atoms with Crippen molar-refractivity contribution in [1.29, 1.82) is 0 Å². The molecular weight excluding hydrogens is 282 g/mol. The molecule has 0 radical (unpaired) electrons. The highest BCUT2D eigenvalue weighted by atomic mass is 32.2. The molecule has 0 spiro atoms. The van der Waals surface area contributed by atoms with Gasteiger partial charge in [-0.15, -0.1) is 0 Å². The highest BCUT2D eigenvalue weighted by Crippen LogP contribution is 2.17. The Morgan fingerprint density at radius 3 is 2.71 bits per heavy atom. The minimum atomic E-state index is 0.0313. The monoisotopic (exact) mass is 301 g/mol. The van der Waals surface area contributed by atoms with E-state index in [1.54, 1.807) is 18.9 Å². The predicted molar refractivity (Wildman–Crippen MR) is 88.8 cm³/mol. The number of nitrogens with one attached hydrogen (secondary N) is 1. The van der Waals surface area contributed by atoms with E-state index in [2.05, 4.69) is 17.4 Å². The van der Waals surface area contributed by atoms with Crippen LogP contribution in [0.3, 0.4) is 0 Å². The third-order valence-corrected chi connectivity index (χ3v) is 3.97. The van der Waals surface area contributed by atoms with Gasteiger partial charge in [-0.3, -0.25) is 4.79 Å². The minimum absolute atomic E-state index is 0.0313. The zero-order chi connectivity index (χ0) is 14.9.